The van der Waals surface area contributed by atoms with Gasteiger partial charge in [0.2, 0.25) is 5.91 Å². The van der Waals surface area contributed by atoms with Crippen LogP contribution in [0.3, 0.4) is 0 Å². The van der Waals surface area contributed by atoms with Gasteiger partial charge in [0, 0.05) is 29.2 Å². The Labute approximate surface area is 163 Å². The molecular weight excluding hydrogens is 354 g/mol. The van der Waals surface area contributed by atoms with Gasteiger partial charge in [-0.3, -0.25) is 4.79 Å². The molecule has 0 spiro atoms. The number of carbonyl (C=O) groups excluding carboxylic acids is 1. The van der Waals surface area contributed by atoms with Gasteiger partial charge >= 0.3 is 0 Å². The van der Waals surface area contributed by atoms with E-state index in [1.165, 1.54) is 5.56 Å². The molecule has 0 aliphatic carbocycles. The van der Waals surface area contributed by atoms with Crippen molar-refractivity contribution in [3.63, 3.8) is 0 Å². The number of hydrogen-bond acceptors (Lipinski definition) is 4. The molecule has 1 aliphatic heterocycles. The summed E-state index contributed by atoms with van der Waals surface area (Å²) in [6.07, 6.45) is 3.85. The van der Waals surface area contributed by atoms with E-state index in [4.69, 9.17) is 9.47 Å². The average Bonchev–Trinajstić information content (AvgIpc) is 3.27. The van der Waals surface area contributed by atoms with Crippen LogP contribution < -0.4 is 5.43 Å². The Morgan fingerprint density at radius 2 is 1.86 bits per heavy atom. The van der Waals surface area contributed by atoms with E-state index < -0.39 is 5.79 Å². The van der Waals surface area contributed by atoms with Crippen molar-refractivity contribution in [2.24, 2.45) is 5.10 Å². The summed E-state index contributed by atoms with van der Waals surface area (Å²) in [5.41, 5.74) is 5.87. The quantitative estimate of drug-likeness (QED) is 0.530. The minimum Gasteiger partial charge on any atom is -0.347 e. The molecule has 6 nitrogen and oxygen atoms in total. The molecule has 1 saturated heterocycles. The second kappa shape index (κ2) is 7.96. The van der Waals surface area contributed by atoms with Crippen LogP contribution in [-0.4, -0.2) is 35.7 Å². The van der Waals surface area contributed by atoms with Crippen LogP contribution in [0.15, 0.2) is 65.9 Å². The van der Waals surface area contributed by atoms with E-state index in [0.717, 1.165) is 23.0 Å². The van der Waals surface area contributed by atoms with Gasteiger partial charge < -0.3 is 14.0 Å². The molecule has 2 heterocycles. The third-order valence-corrected chi connectivity index (χ3v) is 4.79. The number of benzene rings is 2. The standard InChI is InChI=1S/C22H23N3O3/c1-22(27-11-12-28-22)13-21(26)24-23-14-18-16-25(15-17-7-3-2-4-8-17)20-10-6-5-9-19(18)20/h2-10,14,16H,11-13,15H2,1H3,(H,24,26)/b23-14-. The van der Waals surface area contributed by atoms with E-state index in [-0.39, 0.29) is 12.3 Å². The Morgan fingerprint density at radius 1 is 1.14 bits per heavy atom. The molecule has 0 bridgehead atoms. The Morgan fingerprint density at radius 3 is 2.64 bits per heavy atom. The summed E-state index contributed by atoms with van der Waals surface area (Å²) in [5, 5.41) is 5.22. The number of nitrogens with zero attached hydrogens (tertiary/aromatic N) is 2. The molecule has 1 amide bonds. The van der Waals surface area contributed by atoms with Crippen LogP contribution in [0.1, 0.15) is 24.5 Å². The number of amides is 1. The van der Waals surface area contributed by atoms with Gasteiger partial charge in [-0.05, 0) is 18.6 Å². The summed E-state index contributed by atoms with van der Waals surface area (Å²) >= 11 is 0. The first-order valence-electron chi connectivity index (χ1n) is 9.35. The number of rotatable bonds is 6. The summed E-state index contributed by atoms with van der Waals surface area (Å²) in [7, 11) is 0. The SMILES string of the molecule is CC1(CC(=O)N/N=C\c2cn(Cc3ccccc3)c3ccccc23)OCCO1. The van der Waals surface area contributed by atoms with Crippen molar-refractivity contribution < 1.29 is 14.3 Å². The van der Waals surface area contributed by atoms with Crippen LogP contribution in [0.4, 0.5) is 0 Å². The molecule has 1 aromatic heterocycles. The monoisotopic (exact) mass is 377 g/mol. The highest BCUT2D eigenvalue weighted by atomic mass is 16.7. The van der Waals surface area contributed by atoms with Crippen molar-refractivity contribution in [1.82, 2.24) is 9.99 Å². The highest BCUT2D eigenvalue weighted by molar-refractivity contribution is 5.99. The number of nitrogens with one attached hydrogen (secondary N) is 1. The Balaban J connectivity index is 1.49. The molecule has 144 valence electrons. The summed E-state index contributed by atoms with van der Waals surface area (Å²) < 4.78 is 13.1. The highest BCUT2D eigenvalue weighted by Gasteiger charge is 2.33. The fourth-order valence-electron chi connectivity index (χ4n) is 3.45. The number of aromatic nitrogens is 1. The maximum Gasteiger partial charge on any atom is 0.245 e. The topological polar surface area (TPSA) is 64.9 Å². The highest BCUT2D eigenvalue weighted by Crippen LogP contribution is 2.23. The van der Waals surface area contributed by atoms with Crippen LogP contribution in [-0.2, 0) is 20.8 Å². The number of ether oxygens (including phenoxy) is 2. The normalized spacial score (nSPS) is 16.0. The number of hydrazone groups is 1. The first kappa shape index (κ1) is 18.4. The lowest BCUT2D eigenvalue weighted by atomic mass is 10.2. The fourth-order valence-corrected chi connectivity index (χ4v) is 3.45. The third kappa shape index (κ3) is 4.13. The van der Waals surface area contributed by atoms with Gasteiger partial charge in [0.05, 0.1) is 25.8 Å². The summed E-state index contributed by atoms with van der Waals surface area (Å²) in [5.74, 6) is -1.10. The summed E-state index contributed by atoms with van der Waals surface area (Å²) in [6.45, 7) is 3.55. The molecule has 0 atom stereocenters. The number of fused-ring (bicyclic) bond motifs is 1. The van der Waals surface area contributed by atoms with E-state index in [2.05, 4.69) is 45.6 Å². The molecule has 3 aromatic rings. The van der Waals surface area contributed by atoms with Gasteiger partial charge in [0.1, 0.15) is 0 Å². The van der Waals surface area contributed by atoms with Crippen molar-refractivity contribution >= 4 is 23.0 Å². The van der Waals surface area contributed by atoms with Crippen LogP contribution in [0.5, 0.6) is 0 Å². The molecule has 0 radical (unpaired) electrons. The van der Waals surface area contributed by atoms with Gasteiger partial charge in [-0.1, -0.05) is 48.5 Å². The van der Waals surface area contributed by atoms with Crippen LogP contribution in [0.25, 0.3) is 10.9 Å². The smallest absolute Gasteiger partial charge is 0.245 e. The lowest BCUT2D eigenvalue weighted by Gasteiger charge is -2.20. The van der Waals surface area contributed by atoms with Crippen LogP contribution in [0, 0.1) is 0 Å². The van der Waals surface area contributed by atoms with Crippen molar-refractivity contribution in [2.75, 3.05) is 13.2 Å². The molecular formula is C22H23N3O3. The van der Waals surface area contributed by atoms with Gasteiger partial charge in [0.25, 0.3) is 0 Å². The fraction of sp³-hybridized carbons (Fsp3) is 0.273. The van der Waals surface area contributed by atoms with E-state index in [1.807, 2.05) is 30.3 Å². The molecule has 1 N–H and O–H groups in total. The first-order chi connectivity index (χ1) is 13.6. The van der Waals surface area contributed by atoms with Crippen molar-refractivity contribution in [1.29, 1.82) is 0 Å². The van der Waals surface area contributed by atoms with Crippen molar-refractivity contribution in [2.45, 2.75) is 25.7 Å². The molecule has 4 rings (SSSR count). The molecule has 1 fully saturated rings. The number of para-hydroxylation sites is 1. The first-order valence-corrected chi connectivity index (χ1v) is 9.35. The summed E-state index contributed by atoms with van der Waals surface area (Å²) in [6, 6.07) is 18.5. The maximum atomic E-state index is 12.1. The van der Waals surface area contributed by atoms with Gasteiger partial charge in [-0.25, -0.2) is 5.43 Å². The molecule has 6 heteroatoms. The number of hydrogen-bond donors (Lipinski definition) is 1. The van der Waals surface area contributed by atoms with Gasteiger partial charge in [-0.15, -0.1) is 0 Å². The average molecular weight is 377 g/mol. The van der Waals surface area contributed by atoms with E-state index >= 15 is 0 Å². The molecule has 0 saturated carbocycles. The third-order valence-electron chi connectivity index (χ3n) is 4.79. The molecule has 0 unspecified atom stereocenters. The molecule has 2 aromatic carbocycles. The lowest BCUT2D eigenvalue weighted by molar-refractivity contribution is -0.159. The Kier molecular flexibility index (Phi) is 5.23. The predicted octanol–water partition coefficient (Wildman–Crippen LogP) is 3.29. The second-order valence-electron chi connectivity index (χ2n) is 7.02. The Hall–Kier alpha value is -2.96. The van der Waals surface area contributed by atoms with Gasteiger partial charge in [0.15, 0.2) is 5.79 Å². The summed E-state index contributed by atoms with van der Waals surface area (Å²) in [4.78, 5) is 12.1. The van der Waals surface area contributed by atoms with E-state index in [9.17, 15) is 4.79 Å². The maximum absolute atomic E-state index is 12.1. The van der Waals surface area contributed by atoms with E-state index in [0.29, 0.717) is 13.2 Å². The molecule has 1 aliphatic rings. The van der Waals surface area contributed by atoms with Crippen LogP contribution in [0.2, 0.25) is 0 Å². The van der Waals surface area contributed by atoms with Crippen LogP contribution >= 0.6 is 0 Å². The predicted molar refractivity (Wildman–Crippen MR) is 108 cm³/mol. The van der Waals surface area contributed by atoms with Crippen molar-refractivity contribution in [3.8, 4) is 0 Å². The minimum atomic E-state index is -0.856. The lowest BCUT2D eigenvalue weighted by Crippen LogP contribution is -2.33. The largest absolute Gasteiger partial charge is 0.347 e. The molecule has 28 heavy (non-hydrogen) atoms. The number of carbonyl (C=O) groups is 1. The Bertz CT molecular complexity index is 989. The second-order valence-corrected chi connectivity index (χ2v) is 7.02. The zero-order valence-corrected chi connectivity index (χ0v) is 15.8. The van der Waals surface area contributed by atoms with Crippen molar-refractivity contribution in [3.05, 3.63) is 71.9 Å². The van der Waals surface area contributed by atoms with E-state index in [1.54, 1.807) is 13.1 Å². The zero-order chi connectivity index (χ0) is 19.4. The zero-order valence-electron chi connectivity index (χ0n) is 15.8. The minimum absolute atomic E-state index is 0.111. The van der Waals surface area contributed by atoms with Gasteiger partial charge in [-0.2, -0.15) is 5.10 Å².